The molecule has 0 aliphatic carbocycles. The molecule has 1 atom stereocenters. The molecule has 146 valence electrons. The van der Waals surface area contributed by atoms with E-state index in [9.17, 15) is 4.79 Å². The van der Waals surface area contributed by atoms with Gasteiger partial charge in [-0.15, -0.1) is 0 Å². The Morgan fingerprint density at radius 2 is 1.83 bits per heavy atom. The molecule has 4 aromatic rings. The number of halogens is 1. The molecule has 6 heteroatoms. The van der Waals surface area contributed by atoms with Crippen LogP contribution in [0.3, 0.4) is 0 Å². The van der Waals surface area contributed by atoms with E-state index < -0.39 is 6.04 Å². The van der Waals surface area contributed by atoms with E-state index in [4.69, 9.17) is 11.6 Å². The maximum atomic E-state index is 11.5. The number of aromatic nitrogens is 2. The summed E-state index contributed by atoms with van der Waals surface area (Å²) < 4.78 is 0. The van der Waals surface area contributed by atoms with Crippen LogP contribution in [-0.4, -0.2) is 22.3 Å². The van der Waals surface area contributed by atoms with Gasteiger partial charge in [-0.05, 0) is 65.7 Å². The Labute approximate surface area is 178 Å². The van der Waals surface area contributed by atoms with Gasteiger partial charge in [0.15, 0.2) is 0 Å². The highest BCUT2D eigenvalue weighted by atomic mass is 35.5. The lowest BCUT2D eigenvalue weighted by molar-refractivity contribution is -0.108. The lowest BCUT2D eigenvalue weighted by Crippen LogP contribution is -2.37. The Kier molecular flexibility index (Phi) is 4.75. The largest absolute Gasteiger partial charge is 0.301 e. The summed E-state index contributed by atoms with van der Waals surface area (Å²) >= 11 is 6.20. The lowest BCUT2D eigenvalue weighted by atomic mass is 9.99. The number of hydrogen-bond acceptors (Lipinski definition) is 5. The van der Waals surface area contributed by atoms with Gasteiger partial charge in [-0.2, -0.15) is 0 Å². The summed E-state index contributed by atoms with van der Waals surface area (Å²) in [7, 11) is 0. The third-order valence-corrected chi connectivity index (χ3v) is 5.33. The maximum absolute atomic E-state index is 11.5. The van der Waals surface area contributed by atoms with Crippen molar-refractivity contribution in [3.8, 4) is 11.1 Å². The van der Waals surface area contributed by atoms with Crippen LogP contribution in [0.15, 0.2) is 85.3 Å². The zero-order valence-electron chi connectivity index (χ0n) is 15.9. The zero-order chi connectivity index (χ0) is 20.5. The van der Waals surface area contributed by atoms with Crippen molar-refractivity contribution in [2.45, 2.75) is 6.04 Å². The molecule has 5 rings (SSSR count). The number of anilines is 1. The van der Waals surface area contributed by atoms with Crippen LogP contribution in [0.4, 0.5) is 5.69 Å². The molecule has 3 heterocycles. The van der Waals surface area contributed by atoms with Gasteiger partial charge in [-0.3, -0.25) is 15.0 Å². The molecule has 1 aliphatic rings. The monoisotopic (exact) mass is 412 g/mol. The highest BCUT2D eigenvalue weighted by molar-refractivity contribution is 6.30. The molecule has 2 aromatic carbocycles. The van der Waals surface area contributed by atoms with Crippen LogP contribution in [0.1, 0.15) is 5.56 Å². The minimum Gasteiger partial charge on any atom is -0.301 e. The molecule has 0 bridgehead atoms. The minimum atomic E-state index is -0.414. The molecule has 30 heavy (non-hydrogen) atoms. The smallest absolute Gasteiger partial charge is 0.142 e. The Morgan fingerprint density at radius 1 is 0.967 bits per heavy atom. The number of aldehydes is 1. The average molecular weight is 413 g/mol. The number of carbonyl (C=O) groups is 1. The first kappa shape index (κ1) is 18.5. The third-order valence-electron chi connectivity index (χ3n) is 5.10. The second-order valence-electron chi connectivity index (χ2n) is 6.98. The first-order chi connectivity index (χ1) is 14.7. The summed E-state index contributed by atoms with van der Waals surface area (Å²) in [6, 6.07) is 19.2. The summed E-state index contributed by atoms with van der Waals surface area (Å²) in [5, 5.41) is 3.56. The summed E-state index contributed by atoms with van der Waals surface area (Å²) in [6.07, 6.45) is 8.18. The van der Waals surface area contributed by atoms with Crippen LogP contribution >= 0.6 is 11.6 Å². The summed E-state index contributed by atoms with van der Waals surface area (Å²) in [4.78, 5) is 20.1. The number of hydrogen-bond donors (Lipinski definition) is 1. The fraction of sp³-hybridized carbons (Fsp3) is 0.0417. The quantitative estimate of drug-likeness (QED) is 0.484. The fourth-order valence-electron chi connectivity index (χ4n) is 3.71. The summed E-state index contributed by atoms with van der Waals surface area (Å²) in [6.45, 7) is 0. The Bertz CT molecular complexity index is 1270. The van der Waals surface area contributed by atoms with Gasteiger partial charge in [0.25, 0.3) is 0 Å². The van der Waals surface area contributed by atoms with E-state index in [0.29, 0.717) is 5.02 Å². The number of rotatable bonds is 4. The number of fused-ring (bicyclic) bond motifs is 1. The number of hydrazine groups is 1. The van der Waals surface area contributed by atoms with Crippen LogP contribution in [-0.2, 0) is 4.79 Å². The number of carbonyl (C=O) groups excluding carboxylic acids is 1. The van der Waals surface area contributed by atoms with Crippen molar-refractivity contribution in [1.29, 1.82) is 0 Å². The maximum Gasteiger partial charge on any atom is 0.142 e. The molecule has 2 aromatic heterocycles. The molecule has 1 unspecified atom stereocenters. The van der Waals surface area contributed by atoms with E-state index in [-0.39, 0.29) is 0 Å². The Morgan fingerprint density at radius 3 is 2.63 bits per heavy atom. The lowest BCUT2D eigenvalue weighted by Gasteiger charge is -2.24. The van der Waals surface area contributed by atoms with E-state index >= 15 is 0 Å². The first-order valence-corrected chi connectivity index (χ1v) is 9.89. The minimum absolute atomic E-state index is 0.414. The average Bonchev–Trinajstić information content (AvgIpc) is 3.24. The molecule has 0 spiro atoms. The van der Waals surface area contributed by atoms with Crippen molar-refractivity contribution in [2.75, 3.05) is 5.01 Å². The van der Waals surface area contributed by atoms with Crippen molar-refractivity contribution in [3.05, 3.63) is 95.9 Å². The number of nitrogens with zero attached hydrogens (tertiary/aromatic N) is 3. The van der Waals surface area contributed by atoms with Gasteiger partial charge in [0.1, 0.15) is 12.3 Å². The van der Waals surface area contributed by atoms with Crippen molar-refractivity contribution < 1.29 is 4.79 Å². The molecular weight excluding hydrogens is 396 g/mol. The molecule has 1 aliphatic heterocycles. The molecule has 0 fully saturated rings. The van der Waals surface area contributed by atoms with Crippen LogP contribution in [0.25, 0.3) is 27.7 Å². The van der Waals surface area contributed by atoms with Crippen molar-refractivity contribution in [2.24, 2.45) is 0 Å². The standard InChI is InChI=1S/C24H17ClN4O/c25-18-2-1-3-20(13-18)29-24(14-19(15-30)28-29)17-4-5-23-22(12-17)21(8-11-27-23)16-6-9-26-10-7-16/h1-15,19,28H. The Balaban J connectivity index is 1.65. The van der Waals surface area contributed by atoms with E-state index in [1.807, 2.05) is 71.9 Å². The number of benzene rings is 2. The van der Waals surface area contributed by atoms with E-state index in [1.165, 1.54) is 0 Å². The highest BCUT2D eigenvalue weighted by Gasteiger charge is 2.25. The molecule has 0 saturated heterocycles. The Hall–Kier alpha value is -3.54. The van der Waals surface area contributed by atoms with Crippen LogP contribution in [0.2, 0.25) is 5.02 Å². The van der Waals surface area contributed by atoms with Crippen LogP contribution < -0.4 is 10.4 Å². The number of pyridine rings is 2. The molecule has 0 amide bonds. The molecule has 5 nitrogen and oxygen atoms in total. The predicted molar refractivity (Wildman–Crippen MR) is 120 cm³/mol. The fourth-order valence-corrected chi connectivity index (χ4v) is 3.90. The van der Waals surface area contributed by atoms with Crippen LogP contribution in [0, 0.1) is 0 Å². The van der Waals surface area contributed by atoms with Gasteiger partial charge in [0.2, 0.25) is 0 Å². The summed E-state index contributed by atoms with van der Waals surface area (Å²) in [5.74, 6) is 0. The topological polar surface area (TPSA) is 58.1 Å². The highest BCUT2D eigenvalue weighted by Crippen LogP contribution is 2.34. The SMILES string of the molecule is O=CC1C=C(c2ccc3nccc(-c4ccncc4)c3c2)N(c2cccc(Cl)c2)N1. The first-order valence-electron chi connectivity index (χ1n) is 9.51. The summed E-state index contributed by atoms with van der Waals surface area (Å²) in [5.41, 5.74) is 9.00. The van der Waals surface area contributed by atoms with Gasteiger partial charge in [0, 0.05) is 34.6 Å². The van der Waals surface area contributed by atoms with E-state index in [1.54, 1.807) is 12.4 Å². The molecule has 0 saturated carbocycles. The van der Waals surface area contributed by atoms with Crippen molar-refractivity contribution in [1.82, 2.24) is 15.4 Å². The normalized spacial score (nSPS) is 16.0. The third kappa shape index (κ3) is 3.34. The van der Waals surface area contributed by atoms with Crippen molar-refractivity contribution in [3.63, 3.8) is 0 Å². The van der Waals surface area contributed by atoms with Crippen molar-refractivity contribution >= 4 is 40.2 Å². The van der Waals surface area contributed by atoms with Gasteiger partial charge in [0.05, 0.1) is 16.9 Å². The van der Waals surface area contributed by atoms with Crippen LogP contribution in [0.5, 0.6) is 0 Å². The zero-order valence-corrected chi connectivity index (χ0v) is 16.6. The molecule has 1 N–H and O–H groups in total. The van der Waals surface area contributed by atoms with Gasteiger partial charge >= 0.3 is 0 Å². The second kappa shape index (κ2) is 7.71. The molecular formula is C24H17ClN4O. The second-order valence-corrected chi connectivity index (χ2v) is 7.42. The van der Waals surface area contributed by atoms with Gasteiger partial charge < -0.3 is 4.79 Å². The van der Waals surface area contributed by atoms with E-state index in [0.717, 1.165) is 45.3 Å². The van der Waals surface area contributed by atoms with Gasteiger partial charge in [-0.1, -0.05) is 23.7 Å². The van der Waals surface area contributed by atoms with E-state index in [2.05, 4.69) is 21.5 Å². The predicted octanol–water partition coefficient (Wildman–Crippen LogP) is 4.88. The molecule has 0 radical (unpaired) electrons. The van der Waals surface area contributed by atoms with Gasteiger partial charge in [-0.25, -0.2) is 5.43 Å². The number of nitrogens with one attached hydrogen (secondary N) is 1.